The van der Waals surface area contributed by atoms with Crippen molar-refractivity contribution in [1.29, 1.82) is 0 Å². The van der Waals surface area contributed by atoms with E-state index in [2.05, 4.69) is 10.5 Å². The molecule has 0 heterocycles. The number of hydrogen-bond donors (Lipinski definition) is 2. The molecule has 0 saturated carbocycles. The van der Waals surface area contributed by atoms with Crippen LogP contribution >= 0.6 is 23.5 Å². The van der Waals surface area contributed by atoms with Gasteiger partial charge in [0.25, 0.3) is 0 Å². The van der Waals surface area contributed by atoms with Gasteiger partial charge in [-0.2, -0.15) is 0 Å². The SMILES string of the molecule is CCS/C(CC(C)(SCC)C(=O)NC)=N\O. The van der Waals surface area contributed by atoms with E-state index in [-0.39, 0.29) is 5.91 Å². The average Bonchev–Trinajstić information content (AvgIpc) is 2.27. The summed E-state index contributed by atoms with van der Waals surface area (Å²) in [7, 11) is 1.62. The summed E-state index contributed by atoms with van der Waals surface area (Å²) in [5.74, 6) is 1.65. The van der Waals surface area contributed by atoms with Gasteiger partial charge in [0, 0.05) is 13.5 Å². The summed E-state index contributed by atoms with van der Waals surface area (Å²) in [6.45, 7) is 5.87. The number of carbonyl (C=O) groups excluding carboxylic acids is 1. The third kappa shape index (κ3) is 4.65. The van der Waals surface area contributed by atoms with Gasteiger partial charge in [0.05, 0.1) is 4.75 Å². The molecular formula is C10H20N2O2S2. The van der Waals surface area contributed by atoms with Gasteiger partial charge in [0.1, 0.15) is 5.04 Å². The molecule has 0 rings (SSSR count). The van der Waals surface area contributed by atoms with E-state index in [1.807, 2.05) is 20.8 Å². The fourth-order valence-corrected chi connectivity index (χ4v) is 3.33. The fourth-order valence-electron chi connectivity index (χ4n) is 1.35. The number of nitrogens with zero attached hydrogens (tertiary/aromatic N) is 1. The number of thioether (sulfide) groups is 2. The highest BCUT2D eigenvalue weighted by Gasteiger charge is 2.34. The van der Waals surface area contributed by atoms with Crippen LogP contribution in [0, 0.1) is 0 Å². The topological polar surface area (TPSA) is 61.7 Å². The number of rotatable bonds is 6. The largest absolute Gasteiger partial charge is 0.410 e. The summed E-state index contributed by atoms with van der Waals surface area (Å²) in [5.41, 5.74) is 0. The molecule has 6 heteroatoms. The average molecular weight is 264 g/mol. The number of carbonyl (C=O) groups is 1. The zero-order valence-electron chi connectivity index (χ0n) is 10.2. The zero-order valence-corrected chi connectivity index (χ0v) is 11.9. The minimum Gasteiger partial charge on any atom is -0.410 e. The number of amides is 1. The minimum absolute atomic E-state index is 0.0304. The third-order valence-electron chi connectivity index (χ3n) is 2.08. The van der Waals surface area contributed by atoms with Gasteiger partial charge in [0.15, 0.2) is 0 Å². The Morgan fingerprint density at radius 3 is 2.44 bits per heavy atom. The van der Waals surface area contributed by atoms with Crippen molar-refractivity contribution in [1.82, 2.24) is 5.32 Å². The summed E-state index contributed by atoms with van der Waals surface area (Å²) in [6, 6.07) is 0. The van der Waals surface area contributed by atoms with E-state index in [1.54, 1.807) is 18.8 Å². The lowest BCUT2D eigenvalue weighted by Gasteiger charge is -2.26. The van der Waals surface area contributed by atoms with E-state index < -0.39 is 4.75 Å². The standard InChI is InChI=1S/C10H20N2O2S2/c1-5-15-8(12-14)7-10(3,16-6-2)9(13)11-4/h14H,5-7H2,1-4H3,(H,11,13)/b12-8-. The summed E-state index contributed by atoms with van der Waals surface area (Å²) in [6.07, 6.45) is 0.459. The summed E-state index contributed by atoms with van der Waals surface area (Å²) < 4.78 is -0.562. The highest BCUT2D eigenvalue weighted by Crippen LogP contribution is 2.31. The first-order valence-corrected chi connectivity index (χ1v) is 7.21. The molecule has 0 aliphatic carbocycles. The maximum Gasteiger partial charge on any atom is 0.236 e. The smallest absolute Gasteiger partial charge is 0.236 e. The Hall–Kier alpha value is -0.360. The second kappa shape index (κ2) is 7.84. The second-order valence-electron chi connectivity index (χ2n) is 3.35. The molecule has 0 aliphatic heterocycles. The summed E-state index contributed by atoms with van der Waals surface area (Å²) in [4.78, 5) is 11.8. The molecule has 0 spiro atoms. The molecule has 0 aliphatic rings. The Balaban J connectivity index is 4.71. The maximum atomic E-state index is 11.8. The maximum absolute atomic E-state index is 11.8. The quantitative estimate of drug-likeness (QED) is 0.334. The molecule has 1 unspecified atom stereocenters. The Morgan fingerprint density at radius 2 is 2.06 bits per heavy atom. The molecule has 0 radical (unpaired) electrons. The first-order valence-electron chi connectivity index (χ1n) is 5.23. The van der Waals surface area contributed by atoms with Crippen molar-refractivity contribution in [2.75, 3.05) is 18.6 Å². The molecule has 2 N–H and O–H groups in total. The highest BCUT2D eigenvalue weighted by molar-refractivity contribution is 8.14. The molecule has 4 nitrogen and oxygen atoms in total. The molecule has 1 atom stereocenters. The van der Waals surface area contributed by atoms with Gasteiger partial charge < -0.3 is 10.5 Å². The Morgan fingerprint density at radius 1 is 1.44 bits per heavy atom. The van der Waals surface area contributed by atoms with Crippen molar-refractivity contribution in [3.05, 3.63) is 0 Å². The normalized spacial score (nSPS) is 15.6. The highest BCUT2D eigenvalue weighted by atomic mass is 32.2. The summed E-state index contributed by atoms with van der Waals surface area (Å²) in [5, 5.41) is 15.4. The van der Waals surface area contributed by atoms with Crippen molar-refractivity contribution in [3.63, 3.8) is 0 Å². The summed E-state index contributed by atoms with van der Waals surface area (Å²) >= 11 is 3.03. The van der Waals surface area contributed by atoms with Crippen molar-refractivity contribution in [2.24, 2.45) is 5.16 Å². The molecule has 0 aromatic carbocycles. The van der Waals surface area contributed by atoms with Crippen LogP contribution in [0.2, 0.25) is 0 Å². The first-order chi connectivity index (χ1) is 7.53. The molecular weight excluding hydrogens is 244 g/mol. The molecule has 0 fully saturated rings. The third-order valence-corrected chi connectivity index (χ3v) is 4.18. The molecule has 0 aromatic heterocycles. The van der Waals surface area contributed by atoms with Crippen LogP contribution in [-0.4, -0.2) is 39.5 Å². The number of nitrogens with one attached hydrogen (secondary N) is 1. The van der Waals surface area contributed by atoms with E-state index in [9.17, 15) is 4.79 Å². The lowest BCUT2D eigenvalue weighted by atomic mass is 10.1. The van der Waals surface area contributed by atoms with Crippen molar-refractivity contribution >= 4 is 34.5 Å². The van der Waals surface area contributed by atoms with Crippen molar-refractivity contribution in [3.8, 4) is 0 Å². The van der Waals surface area contributed by atoms with E-state index in [0.717, 1.165) is 11.5 Å². The predicted molar refractivity (Wildman–Crippen MR) is 72.6 cm³/mol. The second-order valence-corrected chi connectivity index (χ2v) is 6.45. The number of oxime groups is 1. The van der Waals surface area contributed by atoms with Crippen LogP contribution in [-0.2, 0) is 4.79 Å². The van der Waals surface area contributed by atoms with E-state index in [4.69, 9.17) is 5.21 Å². The molecule has 16 heavy (non-hydrogen) atoms. The van der Waals surface area contributed by atoms with E-state index in [0.29, 0.717) is 11.5 Å². The van der Waals surface area contributed by atoms with Gasteiger partial charge >= 0.3 is 0 Å². The van der Waals surface area contributed by atoms with E-state index in [1.165, 1.54) is 11.8 Å². The lowest BCUT2D eigenvalue weighted by molar-refractivity contribution is -0.122. The van der Waals surface area contributed by atoms with E-state index >= 15 is 0 Å². The lowest BCUT2D eigenvalue weighted by Crippen LogP contribution is -2.41. The van der Waals surface area contributed by atoms with Gasteiger partial charge in [-0.3, -0.25) is 4.79 Å². The van der Waals surface area contributed by atoms with Gasteiger partial charge in [-0.05, 0) is 18.4 Å². The van der Waals surface area contributed by atoms with Crippen molar-refractivity contribution in [2.45, 2.75) is 31.9 Å². The molecule has 94 valence electrons. The minimum atomic E-state index is -0.562. The molecule has 0 bridgehead atoms. The predicted octanol–water partition coefficient (Wildman–Crippen LogP) is 2.18. The van der Waals surface area contributed by atoms with Crippen LogP contribution < -0.4 is 5.32 Å². The van der Waals surface area contributed by atoms with Crippen LogP contribution in [0.5, 0.6) is 0 Å². The number of hydrogen-bond acceptors (Lipinski definition) is 5. The monoisotopic (exact) mass is 264 g/mol. The van der Waals surface area contributed by atoms with Gasteiger partial charge in [-0.15, -0.1) is 23.5 Å². The molecule has 1 amide bonds. The van der Waals surface area contributed by atoms with Gasteiger partial charge in [-0.25, -0.2) is 0 Å². The molecule has 0 aromatic rings. The van der Waals surface area contributed by atoms with Gasteiger partial charge in [-0.1, -0.05) is 19.0 Å². The molecule has 0 saturated heterocycles. The van der Waals surface area contributed by atoms with Crippen molar-refractivity contribution < 1.29 is 10.0 Å². The fraction of sp³-hybridized carbons (Fsp3) is 0.800. The van der Waals surface area contributed by atoms with Crippen LogP contribution in [0.1, 0.15) is 27.2 Å². The van der Waals surface area contributed by atoms with Crippen LogP contribution in [0.15, 0.2) is 5.16 Å². The Labute approximate surface area is 106 Å². The van der Waals surface area contributed by atoms with Crippen LogP contribution in [0.4, 0.5) is 0 Å². The Kier molecular flexibility index (Phi) is 7.66. The first kappa shape index (κ1) is 15.6. The zero-order chi connectivity index (χ0) is 12.6. The van der Waals surface area contributed by atoms with Crippen LogP contribution in [0.3, 0.4) is 0 Å². The van der Waals surface area contributed by atoms with Gasteiger partial charge in [0.2, 0.25) is 5.91 Å². The van der Waals surface area contributed by atoms with Crippen LogP contribution in [0.25, 0.3) is 0 Å². The Bertz CT molecular complexity index is 259.